The van der Waals surface area contributed by atoms with Crippen LogP contribution in [0.2, 0.25) is 0 Å². The third-order valence-electron chi connectivity index (χ3n) is 3.27. The van der Waals surface area contributed by atoms with E-state index < -0.39 is 6.10 Å². The van der Waals surface area contributed by atoms with Gasteiger partial charge in [-0.05, 0) is 44.0 Å². The Hall–Kier alpha value is -1.81. The van der Waals surface area contributed by atoms with Gasteiger partial charge in [0, 0.05) is 18.7 Å². The van der Waals surface area contributed by atoms with Crippen molar-refractivity contribution in [3.63, 3.8) is 0 Å². The highest BCUT2D eigenvalue weighted by molar-refractivity contribution is 5.27. The zero-order valence-corrected chi connectivity index (χ0v) is 12.3. The van der Waals surface area contributed by atoms with Crippen LogP contribution in [0.15, 0.2) is 36.5 Å². The van der Waals surface area contributed by atoms with Gasteiger partial charge in [0.25, 0.3) is 0 Å². The Morgan fingerprint density at radius 3 is 2.40 bits per heavy atom. The van der Waals surface area contributed by atoms with E-state index in [1.807, 2.05) is 41.2 Å². The number of aromatic nitrogens is 2. The van der Waals surface area contributed by atoms with E-state index in [1.165, 1.54) is 0 Å². The van der Waals surface area contributed by atoms with E-state index in [-0.39, 0.29) is 0 Å². The minimum atomic E-state index is -0.418. The Labute approximate surface area is 120 Å². The molecule has 0 aliphatic rings. The molecule has 0 aliphatic heterocycles. The van der Waals surface area contributed by atoms with E-state index in [2.05, 4.69) is 18.9 Å². The lowest BCUT2D eigenvalue weighted by Crippen LogP contribution is -2.14. The van der Waals surface area contributed by atoms with E-state index >= 15 is 0 Å². The quantitative estimate of drug-likeness (QED) is 0.881. The minimum Gasteiger partial charge on any atom is -0.497 e. The number of hydrogen-bond donors (Lipinski definition) is 1. The van der Waals surface area contributed by atoms with Gasteiger partial charge in [0.15, 0.2) is 0 Å². The average molecular weight is 274 g/mol. The summed E-state index contributed by atoms with van der Waals surface area (Å²) in [5.74, 6) is 0.832. The highest BCUT2D eigenvalue weighted by atomic mass is 16.5. The zero-order valence-electron chi connectivity index (χ0n) is 12.3. The first-order chi connectivity index (χ1) is 9.58. The van der Waals surface area contributed by atoms with Gasteiger partial charge in [-0.1, -0.05) is 12.1 Å². The molecule has 20 heavy (non-hydrogen) atoms. The van der Waals surface area contributed by atoms with Crippen LogP contribution in [0.4, 0.5) is 0 Å². The Morgan fingerprint density at radius 2 is 1.85 bits per heavy atom. The normalized spacial score (nSPS) is 12.7. The Balaban J connectivity index is 1.92. The summed E-state index contributed by atoms with van der Waals surface area (Å²) in [6, 6.07) is 10.1. The number of rotatable bonds is 6. The first kappa shape index (κ1) is 14.6. The Morgan fingerprint density at radius 1 is 1.15 bits per heavy atom. The molecule has 0 saturated carbocycles. The summed E-state index contributed by atoms with van der Waals surface area (Å²) >= 11 is 0. The van der Waals surface area contributed by atoms with Gasteiger partial charge in [0.05, 0.1) is 18.9 Å². The molecule has 0 fully saturated rings. The maximum Gasteiger partial charge on any atom is 0.118 e. The summed E-state index contributed by atoms with van der Waals surface area (Å²) in [6.45, 7) is 4.18. The van der Waals surface area contributed by atoms with Crippen molar-refractivity contribution in [2.45, 2.75) is 38.8 Å². The first-order valence-corrected chi connectivity index (χ1v) is 6.93. The highest BCUT2D eigenvalue weighted by Gasteiger charge is 2.10. The van der Waals surface area contributed by atoms with Crippen LogP contribution in [0.1, 0.15) is 31.1 Å². The molecule has 0 amide bonds. The fourth-order valence-corrected chi connectivity index (χ4v) is 2.12. The number of benzene rings is 1. The van der Waals surface area contributed by atoms with Gasteiger partial charge in [0.2, 0.25) is 0 Å². The van der Waals surface area contributed by atoms with E-state index in [1.54, 1.807) is 7.11 Å². The average Bonchev–Trinajstić information content (AvgIpc) is 2.88. The third-order valence-corrected chi connectivity index (χ3v) is 3.27. The van der Waals surface area contributed by atoms with Crippen molar-refractivity contribution in [3.05, 3.63) is 47.8 Å². The van der Waals surface area contributed by atoms with Crippen LogP contribution in [-0.4, -0.2) is 28.1 Å². The maximum atomic E-state index is 10.1. The zero-order chi connectivity index (χ0) is 14.5. The molecule has 1 aromatic heterocycles. The lowest BCUT2D eigenvalue weighted by Gasteiger charge is -2.10. The fourth-order valence-electron chi connectivity index (χ4n) is 2.12. The molecule has 0 bridgehead atoms. The third kappa shape index (κ3) is 3.84. The van der Waals surface area contributed by atoms with Gasteiger partial charge >= 0.3 is 0 Å². The molecule has 0 radical (unpaired) electrons. The molecule has 1 unspecified atom stereocenters. The lowest BCUT2D eigenvalue weighted by molar-refractivity contribution is 0.174. The van der Waals surface area contributed by atoms with E-state index in [9.17, 15) is 5.11 Å². The van der Waals surface area contributed by atoms with Crippen molar-refractivity contribution >= 4 is 0 Å². The standard InChI is InChI=1S/C16H22N2O2/c1-12(2)18-9-8-14(17-18)11-15(19)10-13-4-6-16(20-3)7-5-13/h4-9,12,15,19H,10-11H2,1-3H3. The second-order valence-electron chi connectivity index (χ2n) is 5.29. The predicted molar refractivity (Wildman–Crippen MR) is 79.0 cm³/mol. The number of aliphatic hydroxyl groups excluding tert-OH is 1. The Bertz CT molecular complexity index is 532. The van der Waals surface area contributed by atoms with Gasteiger partial charge in [-0.15, -0.1) is 0 Å². The van der Waals surface area contributed by atoms with Gasteiger partial charge in [-0.2, -0.15) is 5.10 Å². The molecular formula is C16H22N2O2. The van der Waals surface area contributed by atoms with Crippen LogP contribution in [0.25, 0.3) is 0 Å². The molecule has 4 nitrogen and oxygen atoms in total. The molecule has 1 heterocycles. The van der Waals surface area contributed by atoms with Crippen molar-refractivity contribution in [3.8, 4) is 5.75 Å². The molecule has 1 N–H and O–H groups in total. The molecule has 0 spiro atoms. The molecule has 0 aliphatic carbocycles. The SMILES string of the molecule is COc1ccc(CC(O)Cc2ccn(C(C)C)n2)cc1. The molecule has 1 atom stereocenters. The summed E-state index contributed by atoms with van der Waals surface area (Å²) in [7, 11) is 1.65. The summed E-state index contributed by atoms with van der Waals surface area (Å²) in [4.78, 5) is 0. The smallest absolute Gasteiger partial charge is 0.118 e. The van der Waals surface area contributed by atoms with Crippen LogP contribution in [0.5, 0.6) is 5.75 Å². The molecule has 2 aromatic rings. The molecule has 2 rings (SSSR count). The van der Waals surface area contributed by atoms with Crippen LogP contribution in [-0.2, 0) is 12.8 Å². The molecule has 1 aromatic carbocycles. The summed E-state index contributed by atoms with van der Waals surface area (Å²) < 4.78 is 7.03. The van der Waals surface area contributed by atoms with E-state index in [0.29, 0.717) is 18.9 Å². The van der Waals surface area contributed by atoms with Crippen LogP contribution in [0, 0.1) is 0 Å². The van der Waals surface area contributed by atoms with Crippen molar-refractivity contribution in [1.82, 2.24) is 9.78 Å². The largest absolute Gasteiger partial charge is 0.497 e. The van der Waals surface area contributed by atoms with Gasteiger partial charge in [0.1, 0.15) is 5.75 Å². The Kier molecular flexibility index (Phi) is 4.79. The van der Waals surface area contributed by atoms with Crippen molar-refractivity contribution in [2.24, 2.45) is 0 Å². The summed E-state index contributed by atoms with van der Waals surface area (Å²) in [5, 5.41) is 14.6. The summed E-state index contributed by atoms with van der Waals surface area (Å²) in [6.07, 6.45) is 2.74. The number of nitrogens with zero attached hydrogens (tertiary/aromatic N) is 2. The molecule has 108 valence electrons. The topological polar surface area (TPSA) is 47.3 Å². The van der Waals surface area contributed by atoms with Crippen molar-refractivity contribution in [2.75, 3.05) is 7.11 Å². The predicted octanol–water partition coefficient (Wildman–Crippen LogP) is 2.62. The molecule has 0 saturated heterocycles. The van der Waals surface area contributed by atoms with Crippen molar-refractivity contribution in [1.29, 1.82) is 0 Å². The van der Waals surface area contributed by atoms with Crippen molar-refractivity contribution < 1.29 is 9.84 Å². The second-order valence-corrected chi connectivity index (χ2v) is 5.29. The highest BCUT2D eigenvalue weighted by Crippen LogP contribution is 2.14. The monoisotopic (exact) mass is 274 g/mol. The fraction of sp³-hybridized carbons (Fsp3) is 0.438. The number of methoxy groups -OCH3 is 1. The maximum absolute atomic E-state index is 10.1. The number of aliphatic hydroxyl groups is 1. The minimum absolute atomic E-state index is 0.350. The van der Waals surface area contributed by atoms with E-state index in [0.717, 1.165) is 17.0 Å². The van der Waals surface area contributed by atoms with Crippen LogP contribution < -0.4 is 4.74 Å². The van der Waals surface area contributed by atoms with Gasteiger partial charge in [-0.3, -0.25) is 4.68 Å². The number of hydrogen-bond acceptors (Lipinski definition) is 3. The summed E-state index contributed by atoms with van der Waals surface area (Å²) in [5.41, 5.74) is 2.03. The number of ether oxygens (including phenoxy) is 1. The molecular weight excluding hydrogens is 252 g/mol. The molecule has 4 heteroatoms. The van der Waals surface area contributed by atoms with Gasteiger partial charge in [-0.25, -0.2) is 0 Å². The lowest BCUT2D eigenvalue weighted by atomic mass is 10.0. The second kappa shape index (κ2) is 6.57. The van der Waals surface area contributed by atoms with Gasteiger partial charge < -0.3 is 9.84 Å². The van der Waals surface area contributed by atoms with Crippen LogP contribution >= 0.6 is 0 Å². The van der Waals surface area contributed by atoms with E-state index in [4.69, 9.17) is 4.74 Å². The first-order valence-electron chi connectivity index (χ1n) is 6.93. The van der Waals surface area contributed by atoms with Crippen LogP contribution in [0.3, 0.4) is 0 Å².